The molecule has 3 amide bonds. The molecule has 0 aromatic heterocycles. The van der Waals surface area contributed by atoms with Crippen LogP contribution in [0.25, 0.3) is 0 Å². The number of anilines is 1. The van der Waals surface area contributed by atoms with Crippen LogP contribution >= 0.6 is 0 Å². The summed E-state index contributed by atoms with van der Waals surface area (Å²) in [6.45, 7) is 1.81. The molecule has 10 nitrogen and oxygen atoms in total. The summed E-state index contributed by atoms with van der Waals surface area (Å²) in [5.74, 6) is -6.66. The number of hydrogen-bond acceptors (Lipinski definition) is 8. The molecule has 1 aliphatic carbocycles. The maximum atomic E-state index is 14.0. The first-order valence-corrected chi connectivity index (χ1v) is 12.5. The number of ether oxygens (including phenoxy) is 3. The minimum atomic E-state index is -1.53. The van der Waals surface area contributed by atoms with Crippen molar-refractivity contribution in [3.63, 3.8) is 0 Å². The van der Waals surface area contributed by atoms with E-state index in [1.54, 1.807) is 60.7 Å². The second-order valence-electron chi connectivity index (χ2n) is 9.77. The number of carbonyl (C=O) groups is 5. The van der Waals surface area contributed by atoms with Gasteiger partial charge in [-0.3, -0.25) is 29.0 Å². The fourth-order valence-corrected chi connectivity index (χ4v) is 6.31. The van der Waals surface area contributed by atoms with Crippen LogP contribution in [0.5, 0.6) is 0 Å². The highest BCUT2D eigenvalue weighted by molar-refractivity contribution is 6.22. The molecule has 1 saturated heterocycles. The fraction of sp³-hybridized carbons (Fsp3) is 0.345. The average Bonchev–Trinajstić information content (AvgIpc) is 3.22. The predicted molar refractivity (Wildman–Crippen MR) is 137 cm³/mol. The molecule has 1 fully saturated rings. The lowest BCUT2D eigenvalue weighted by Gasteiger charge is -2.48. The average molecular weight is 533 g/mol. The van der Waals surface area contributed by atoms with Gasteiger partial charge in [-0.05, 0) is 29.2 Å². The van der Waals surface area contributed by atoms with Crippen LogP contribution in [-0.4, -0.2) is 56.1 Å². The number of amides is 3. The van der Waals surface area contributed by atoms with Crippen molar-refractivity contribution in [2.75, 3.05) is 26.2 Å². The molecule has 0 saturated carbocycles. The zero-order valence-corrected chi connectivity index (χ0v) is 21.9. The van der Waals surface area contributed by atoms with Crippen LogP contribution in [0.15, 0.2) is 66.4 Å². The quantitative estimate of drug-likeness (QED) is 0.255. The third kappa shape index (κ3) is 3.89. The lowest BCUT2D eigenvalue weighted by molar-refractivity contribution is -0.162. The minimum Gasteiger partial charge on any atom is -0.468 e. The molecule has 5 atom stereocenters. The van der Waals surface area contributed by atoms with Crippen molar-refractivity contribution < 1.29 is 38.2 Å². The Labute approximate surface area is 225 Å². The number of allylic oxidation sites excluding steroid dienone is 2. The summed E-state index contributed by atoms with van der Waals surface area (Å²) < 4.78 is 15.0. The first-order chi connectivity index (χ1) is 18.8. The number of methoxy groups -OCH3 is 3. The van der Waals surface area contributed by atoms with Gasteiger partial charge in [0.15, 0.2) is 5.92 Å². The van der Waals surface area contributed by atoms with E-state index in [9.17, 15) is 24.0 Å². The largest absolute Gasteiger partial charge is 0.468 e. The van der Waals surface area contributed by atoms with Crippen molar-refractivity contribution >= 4 is 35.5 Å². The van der Waals surface area contributed by atoms with Crippen LogP contribution in [0.4, 0.5) is 10.5 Å². The highest BCUT2D eigenvalue weighted by atomic mass is 16.6. The molecule has 0 spiro atoms. The van der Waals surface area contributed by atoms with Gasteiger partial charge in [-0.25, -0.2) is 4.79 Å². The van der Waals surface area contributed by atoms with E-state index in [0.29, 0.717) is 22.5 Å². The lowest BCUT2D eigenvalue weighted by atomic mass is 9.64. The third-order valence-electron chi connectivity index (χ3n) is 7.89. The minimum absolute atomic E-state index is 0.315. The Hall–Kier alpha value is -4.47. The Bertz CT molecular complexity index is 1370. The van der Waals surface area contributed by atoms with Crippen molar-refractivity contribution in [2.24, 2.45) is 23.7 Å². The van der Waals surface area contributed by atoms with E-state index in [2.05, 4.69) is 0 Å². The Morgan fingerprint density at radius 2 is 1.33 bits per heavy atom. The Morgan fingerprint density at radius 1 is 0.769 bits per heavy atom. The number of esters is 2. The van der Waals surface area contributed by atoms with Gasteiger partial charge in [-0.1, -0.05) is 55.5 Å². The van der Waals surface area contributed by atoms with E-state index in [-0.39, 0.29) is 11.8 Å². The molecule has 10 heteroatoms. The van der Waals surface area contributed by atoms with Crippen LogP contribution < -0.4 is 4.90 Å². The van der Waals surface area contributed by atoms with Crippen molar-refractivity contribution in [3.05, 3.63) is 77.5 Å². The van der Waals surface area contributed by atoms with Crippen LogP contribution in [0.2, 0.25) is 0 Å². The van der Waals surface area contributed by atoms with Gasteiger partial charge in [0, 0.05) is 11.6 Å². The zero-order valence-electron chi connectivity index (χ0n) is 21.9. The third-order valence-corrected chi connectivity index (χ3v) is 7.89. The first kappa shape index (κ1) is 26.1. The van der Waals surface area contributed by atoms with Gasteiger partial charge in [-0.15, -0.1) is 0 Å². The molecule has 2 aliphatic heterocycles. The van der Waals surface area contributed by atoms with Crippen LogP contribution in [0, 0.1) is 23.7 Å². The van der Waals surface area contributed by atoms with E-state index >= 15 is 0 Å². The van der Waals surface area contributed by atoms with Crippen molar-refractivity contribution in [3.8, 4) is 0 Å². The molecule has 39 heavy (non-hydrogen) atoms. The number of benzene rings is 2. The van der Waals surface area contributed by atoms with Gasteiger partial charge in [0.2, 0.25) is 11.8 Å². The molecule has 5 rings (SSSR count). The number of imide groups is 1. The first-order valence-electron chi connectivity index (χ1n) is 12.5. The number of carbonyl (C=O) groups excluding carboxylic acids is 5. The van der Waals surface area contributed by atoms with Gasteiger partial charge in [-0.2, -0.15) is 0 Å². The maximum absolute atomic E-state index is 14.0. The molecule has 0 unspecified atom stereocenters. The molecule has 0 N–H and O–H groups in total. The summed E-state index contributed by atoms with van der Waals surface area (Å²) in [4.78, 5) is 69.5. The molecular formula is C29H28N2O8. The predicted octanol–water partition coefficient (Wildman–Crippen LogP) is 3.19. The van der Waals surface area contributed by atoms with Crippen molar-refractivity contribution in [1.29, 1.82) is 0 Å². The molecule has 202 valence electrons. The second kappa shape index (κ2) is 10.0. The van der Waals surface area contributed by atoms with Crippen molar-refractivity contribution in [1.82, 2.24) is 4.90 Å². The lowest BCUT2D eigenvalue weighted by Crippen LogP contribution is -2.51. The summed E-state index contributed by atoms with van der Waals surface area (Å²) in [5, 5.41) is 0. The van der Waals surface area contributed by atoms with Crippen LogP contribution in [-0.2, 0) is 33.4 Å². The van der Waals surface area contributed by atoms with Crippen LogP contribution in [0.1, 0.15) is 30.0 Å². The summed E-state index contributed by atoms with van der Waals surface area (Å²) in [6.07, 6.45) is 0.933. The normalized spacial score (nSPS) is 25.4. The van der Waals surface area contributed by atoms with Gasteiger partial charge >= 0.3 is 18.0 Å². The Balaban J connectivity index is 1.74. The smallest absolute Gasteiger partial charge is 0.414 e. The van der Waals surface area contributed by atoms with Gasteiger partial charge in [0.25, 0.3) is 0 Å². The number of nitrogens with zero attached hydrogens (tertiary/aromatic N) is 2. The summed E-state index contributed by atoms with van der Waals surface area (Å²) in [6, 6.07) is 14.5. The highest BCUT2D eigenvalue weighted by Crippen LogP contribution is 2.56. The van der Waals surface area contributed by atoms with Crippen molar-refractivity contribution in [2.45, 2.75) is 18.9 Å². The van der Waals surface area contributed by atoms with Gasteiger partial charge < -0.3 is 14.2 Å². The Morgan fingerprint density at radius 3 is 1.92 bits per heavy atom. The number of fused-ring (bicyclic) bond motifs is 5. The maximum Gasteiger partial charge on any atom is 0.414 e. The van der Waals surface area contributed by atoms with E-state index < -0.39 is 53.7 Å². The van der Waals surface area contributed by atoms with E-state index in [0.717, 1.165) is 14.2 Å². The molecule has 3 aliphatic rings. The van der Waals surface area contributed by atoms with Crippen LogP contribution in [0.3, 0.4) is 0 Å². The molecule has 2 aromatic rings. The fourth-order valence-electron chi connectivity index (χ4n) is 6.31. The van der Waals surface area contributed by atoms with E-state index in [1.165, 1.54) is 16.9 Å². The highest BCUT2D eigenvalue weighted by Gasteiger charge is 2.60. The summed E-state index contributed by atoms with van der Waals surface area (Å²) >= 11 is 0. The second-order valence-corrected chi connectivity index (χ2v) is 9.77. The number of para-hydroxylation sites is 1. The Kier molecular flexibility index (Phi) is 6.71. The summed E-state index contributed by atoms with van der Waals surface area (Å²) in [7, 11) is 3.48. The molecule has 2 aromatic carbocycles. The topological polar surface area (TPSA) is 120 Å². The molecule has 2 heterocycles. The number of rotatable bonds is 4. The summed E-state index contributed by atoms with van der Waals surface area (Å²) in [5.41, 5.74) is 1.94. The zero-order chi connectivity index (χ0) is 28.0. The van der Waals surface area contributed by atoms with Gasteiger partial charge in [0.05, 0.1) is 44.9 Å². The molecule has 0 radical (unpaired) electrons. The van der Waals surface area contributed by atoms with E-state index in [4.69, 9.17) is 14.2 Å². The number of hydrogen-bond donors (Lipinski definition) is 0. The SMILES string of the molecule is COC(=O)C(C(=O)OC)[C@@H]1c2ccccc2[C@H]2C(=C[C@@H](C)[C@H]3C(=O)N(c4ccccc4)C(=O)[C@H]32)N1C(=O)OC. The van der Waals surface area contributed by atoms with E-state index in [1.807, 2.05) is 6.92 Å². The molecule has 0 bridgehead atoms. The standard InChI is InChI=1S/C29H28N2O8/c1-15-14-19-21(22-20(15)25(32)30(26(22)33)16-10-6-5-7-11-16)17-12-8-9-13-18(17)24(31(19)29(36)39-4)23(27(34)37-2)28(35)38-3/h5-15,20-24H,1-4H3/t15-,20-,21+,22-,24+/m1/s1. The monoisotopic (exact) mass is 532 g/mol. The van der Waals surface area contributed by atoms with Gasteiger partial charge in [0.1, 0.15) is 0 Å². The molecular weight excluding hydrogens is 504 g/mol.